The SMILES string of the molecule is CC=N[C@@H](Cl)C(C)C[C@H]([C@@H](F)CCC)[N+](=O)[O-]. The predicted octanol–water partition coefficient (Wildman–Crippen LogP) is 3.45. The molecule has 0 saturated carbocycles. The van der Waals surface area contributed by atoms with Gasteiger partial charge in [0, 0.05) is 11.3 Å². The summed E-state index contributed by atoms with van der Waals surface area (Å²) in [5.41, 5.74) is -0.531. The molecule has 0 radical (unpaired) electrons. The second kappa shape index (κ2) is 8.39. The number of nitrogens with zero attached hydrogens (tertiary/aromatic N) is 2. The Hall–Kier alpha value is -0.710. The fraction of sp³-hybridized carbons (Fsp3) is 0.909. The summed E-state index contributed by atoms with van der Waals surface area (Å²) in [5.74, 6) is -0.224. The van der Waals surface area contributed by atoms with Crippen molar-refractivity contribution in [3.05, 3.63) is 10.1 Å². The summed E-state index contributed by atoms with van der Waals surface area (Å²) in [5, 5.41) is 10.8. The van der Waals surface area contributed by atoms with E-state index in [0.717, 1.165) is 0 Å². The fourth-order valence-electron chi connectivity index (χ4n) is 1.62. The van der Waals surface area contributed by atoms with E-state index in [0.29, 0.717) is 6.42 Å². The van der Waals surface area contributed by atoms with Crippen LogP contribution >= 0.6 is 11.6 Å². The summed E-state index contributed by atoms with van der Waals surface area (Å²) in [4.78, 5) is 14.2. The molecule has 0 heterocycles. The summed E-state index contributed by atoms with van der Waals surface area (Å²) in [6.07, 6.45) is 1.06. The average molecular weight is 267 g/mol. The maximum atomic E-state index is 13.6. The minimum absolute atomic E-state index is 0.111. The van der Waals surface area contributed by atoms with Gasteiger partial charge in [0.05, 0.1) is 0 Å². The molecule has 0 rings (SSSR count). The van der Waals surface area contributed by atoms with Crippen LogP contribution in [-0.2, 0) is 0 Å². The van der Waals surface area contributed by atoms with Gasteiger partial charge in [-0.1, -0.05) is 31.9 Å². The second-order valence-corrected chi connectivity index (χ2v) is 4.60. The van der Waals surface area contributed by atoms with Crippen LogP contribution in [0.25, 0.3) is 0 Å². The molecule has 0 bridgehead atoms. The molecule has 0 aliphatic carbocycles. The highest BCUT2D eigenvalue weighted by molar-refractivity contribution is 6.20. The smallest absolute Gasteiger partial charge is 0.244 e. The Bertz CT molecular complexity index is 264. The molecule has 0 aliphatic heterocycles. The van der Waals surface area contributed by atoms with Crippen molar-refractivity contribution in [2.75, 3.05) is 0 Å². The highest BCUT2D eigenvalue weighted by Gasteiger charge is 2.34. The zero-order valence-electron chi connectivity index (χ0n) is 10.5. The van der Waals surface area contributed by atoms with Crippen LogP contribution in [0.1, 0.15) is 40.0 Å². The Kier molecular flexibility index (Phi) is 8.04. The molecule has 0 spiro atoms. The van der Waals surface area contributed by atoms with E-state index in [-0.39, 0.29) is 18.8 Å². The molecule has 17 heavy (non-hydrogen) atoms. The Labute approximate surface area is 106 Å². The van der Waals surface area contributed by atoms with E-state index in [1.807, 2.05) is 0 Å². The first-order valence-electron chi connectivity index (χ1n) is 5.83. The molecule has 0 N–H and O–H groups in total. The number of alkyl halides is 2. The first-order valence-corrected chi connectivity index (χ1v) is 6.27. The molecule has 0 amide bonds. The largest absolute Gasteiger partial charge is 0.278 e. The number of rotatable bonds is 8. The molecule has 0 saturated heterocycles. The zero-order chi connectivity index (χ0) is 13.4. The summed E-state index contributed by atoms with van der Waals surface area (Å²) in [7, 11) is 0. The highest BCUT2D eigenvalue weighted by atomic mass is 35.5. The average Bonchev–Trinajstić information content (AvgIpc) is 2.25. The predicted molar refractivity (Wildman–Crippen MR) is 68.2 cm³/mol. The van der Waals surface area contributed by atoms with E-state index in [1.165, 1.54) is 0 Å². The van der Waals surface area contributed by atoms with Crippen molar-refractivity contribution in [3.8, 4) is 0 Å². The van der Waals surface area contributed by atoms with E-state index < -0.39 is 22.6 Å². The number of hydrogen-bond donors (Lipinski definition) is 0. The van der Waals surface area contributed by atoms with Gasteiger partial charge in [-0.3, -0.25) is 15.1 Å². The monoisotopic (exact) mass is 266 g/mol. The van der Waals surface area contributed by atoms with Gasteiger partial charge in [0.15, 0.2) is 6.17 Å². The second-order valence-electron chi connectivity index (χ2n) is 4.15. The van der Waals surface area contributed by atoms with E-state index in [1.54, 1.807) is 27.0 Å². The lowest BCUT2D eigenvalue weighted by molar-refractivity contribution is -0.533. The maximum absolute atomic E-state index is 13.6. The third-order valence-corrected chi connectivity index (χ3v) is 3.17. The summed E-state index contributed by atoms with van der Waals surface area (Å²) < 4.78 is 13.6. The molecule has 1 unspecified atom stereocenters. The van der Waals surface area contributed by atoms with Crippen LogP contribution in [0.4, 0.5) is 4.39 Å². The van der Waals surface area contributed by atoms with Crippen molar-refractivity contribution in [2.24, 2.45) is 10.9 Å². The van der Waals surface area contributed by atoms with Gasteiger partial charge in [-0.25, -0.2) is 4.39 Å². The van der Waals surface area contributed by atoms with Crippen LogP contribution in [0, 0.1) is 16.0 Å². The van der Waals surface area contributed by atoms with Gasteiger partial charge in [-0.2, -0.15) is 0 Å². The highest BCUT2D eigenvalue weighted by Crippen LogP contribution is 2.23. The van der Waals surface area contributed by atoms with E-state index in [9.17, 15) is 14.5 Å². The van der Waals surface area contributed by atoms with Crippen LogP contribution in [0.5, 0.6) is 0 Å². The third-order valence-electron chi connectivity index (χ3n) is 2.63. The van der Waals surface area contributed by atoms with Crippen molar-refractivity contribution in [3.63, 3.8) is 0 Å². The minimum Gasteiger partial charge on any atom is -0.278 e. The number of halogens is 2. The Morgan fingerprint density at radius 2 is 2.18 bits per heavy atom. The molecule has 100 valence electrons. The topological polar surface area (TPSA) is 55.5 Å². The van der Waals surface area contributed by atoms with Gasteiger partial charge >= 0.3 is 0 Å². The minimum atomic E-state index is -1.41. The molecule has 4 nitrogen and oxygen atoms in total. The Morgan fingerprint density at radius 3 is 2.59 bits per heavy atom. The first kappa shape index (κ1) is 16.3. The first-order chi connectivity index (χ1) is 7.93. The van der Waals surface area contributed by atoms with E-state index in [2.05, 4.69) is 4.99 Å². The van der Waals surface area contributed by atoms with Crippen molar-refractivity contribution in [1.82, 2.24) is 0 Å². The molecule has 0 aromatic carbocycles. The van der Waals surface area contributed by atoms with Crippen molar-refractivity contribution in [2.45, 2.75) is 57.7 Å². The summed E-state index contributed by atoms with van der Waals surface area (Å²) in [6.45, 7) is 5.28. The molecule has 0 aliphatic rings. The molecule has 0 aromatic heterocycles. The molecule has 6 heteroatoms. The third kappa shape index (κ3) is 5.96. The molecule has 0 fully saturated rings. The van der Waals surface area contributed by atoms with Gasteiger partial charge in [-0.05, 0) is 25.5 Å². The van der Waals surface area contributed by atoms with Gasteiger partial charge in [0.25, 0.3) is 0 Å². The van der Waals surface area contributed by atoms with Gasteiger partial charge in [0.2, 0.25) is 6.04 Å². The fourth-order valence-corrected chi connectivity index (χ4v) is 1.83. The van der Waals surface area contributed by atoms with Crippen molar-refractivity contribution >= 4 is 17.8 Å². The Morgan fingerprint density at radius 1 is 1.59 bits per heavy atom. The van der Waals surface area contributed by atoms with Crippen molar-refractivity contribution in [1.29, 1.82) is 0 Å². The van der Waals surface area contributed by atoms with Gasteiger partial charge in [-0.15, -0.1) is 0 Å². The van der Waals surface area contributed by atoms with Crippen LogP contribution < -0.4 is 0 Å². The lowest BCUT2D eigenvalue weighted by atomic mass is 9.96. The number of nitro groups is 1. The quantitative estimate of drug-likeness (QED) is 0.222. The maximum Gasteiger partial charge on any atom is 0.244 e. The van der Waals surface area contributed by atoms with Gasteiger partial charge in [0.1, 0.15) is 5.50 Å². The van der Waals surface area contributed by atoms with Crippen LogP contribution in [0.3, 0.4) is 0 Å². The Balaban J connectivity index is 4.49. The van der Waals surface area contributed by atoms with E-state index >= 15 is 0 Å². The van der Waals surface area contributed by atoms with Gasteiger partial charge < -0.3 is 0 Å². The van der Waals surface area contributed by atoms with Crippen LogP contribution in [0.2, 0.25) is 0 Å². The van der Waals surface area contributed by atoms with E-state index in [4.69, 9.17) is 11.6 Å². The molecular weight excluding hydrogens is 247 g/mol. The molecule has 4 atom stereocenters. The lowest BCUT2D eigenvalue weighted by Gasteiger charge is -2.19. The number of aliphatic imine (C=N–C) groups is 1. The summed E-state index contributed by atoms with van der Waals surface area (Å²) in [6, 6.07) is -1.18. The normalized spacial score (nSPS) is 18.9. The molecular formula is C11H20ClFN2O2. The molecule has 0 aromatic rings. The van der Waals surface area contributed by atoms with Crippen molar-refractivity contribution < 1.29 is 9.31 Å². The summed E-state index contributed by atoms with van der Waals surface area (Å²) >= 11 is 5.92. The number of hydrogen-bond acceptors (Lipinski definition) is 3. The van der Waals surface area contributed by atoms with Crippen LogP contribution in [-0.4, -0.2) is 28.9 Å². The lowest BCUT2D eigenvalue weighted by Crippen LogP contribution is -2.33. The zero-order valence-corrected chi connectivity index (χ0v) is 11.2. The van der Waals surface area contributed by atoms with Crippen LogP contribution in [0.15, 0.2) is 4.99 Å². The standard InChI is InChI=1S/C11H20ClFN2O2/c1-4-6-9(13)10(15(16)17)7-8(3)11(12)14-5-2/h5,8-11H,4,6-7H2,1-3H3/t8?,9-,10+,11+/m0/s1.